The predicted octanol–water partition coefficient (Wildman–Crippen LogP) is 4.81. The Morgan fingerprint density at radius 2 is 1.72 bits per heavy atom. The smallest absolute Gasteiger partial charge is 0.254 e. The number of hydrogen-bond donors (Lipinski definition) is 0. The molecule has 3 aromatic rings. The van der Waals surface area contributed by atoms with E-state index in [1.807, 2.05) is 42.2 Å². The molecule has 190 valence electrons. The van der Waals surface area contributed by atoms with Gasteiger partial charge in [0.25, 0.3) is 5.91 Å². The van der Waals surface area contributed by atoms with Crippen molar-refractivity contribution in [3.63, 3.8) is 0 Å². The average Bonchev–Trinajstić information content (AvgIpc) is 3.34. The van der Waals surface area contributed by atoms with Crippen molar-refractivity contribution in [3.8, 4) is 0 Å². The van der Waals surface area contributed by atoms with Crippen LogP contribution < -0.4 is 0 Å². The molecule has 36 heavy (non-hydrogen) atoms. The minimum Gasteiger partial charge on any atom is -0.383 e. The number of carbonyl (C=O) groups excluding carboxylic acids is 2. The van der Waals surface area contributed by atoms with Gasteiger partial charge in [0.15, 0.2) is 0 Å². The number of hydrogen-bond acceptors (Lipinski definition) is 3. The van der Waals surface area contributed by atoms with Crippen molar-refractivity contribution in [2.75, 3.05) is 33.4 Å². The van der Waals surface area contributed by atoms with Crippen LogP contribution >= 0.6 is 0 Å². The van der Waals surface area contributed by atoms with E-state index in [-0.39, 0.29) is 29.8 Å². The van der Waals surface area contributed by atoms with Crippen LogP contribution in [0.5, 0.6) is 0 Å². The predicted molar refractivity (Wildman–Crippen MR) is 142 cm³/mol. The average molecular weight is 488 g/mol. The highest BCUT2D eigenvalue weighted by Crippen LogP contribution is 2.34. The number of aryl methyl sites for hydroxylation is 1. The Hall–Kier alpha value is -3.38. The molecule has 0 spiro atoms. The molecule has 0 bridgehead atoms. The molecule has 2 aromatic carbocycles. The largest absolute Gasteiger partial charge is 0.383 e. The third kappa shape index (κ3) is 5.39. The lowest BCUT2D eigenvalue weighted by Crippen LogP contribution is -2.48. The number of nitrogens with zero attached hydrogens (tertiary/aromatic N) is 3. The van der Waals surface area contributed by atoms with Gasteiger partial charge in [0, 0.05) is 44.2 Å². The monoisotopic (exact) mass is 487 g/mol. The molecule has 0 saturated carbocycles. The molecule has 6 heteroatoms. The lowest BCUT2D eigenvalue weighted by molar-refractivity contribution is -0.134. The first-order valence-electron chi connectivity index (χ1n) is 12.6. The first-order chi connectivity index (χ1) is 17.2. The molecule has 1 aliphatic heterocycles. The normalized spacial score (nSPS) is 15.5. The molecule has 0 saturated heterocycles. The van der Waals surface area contributed by atoms with Crippen LogP contribution in [0.3, 0.4) is 0 Å². The number of aromatic nitrogens is 1. The molecular formula is C30H37N3O3. The molecule has 0 N–H and O–H groups in total. The van der Waals surface area contributed by atoms with Gasteiger partial charge in [-0.05, 0) is 47.2 Å². The molecule has 1 aliphatic rings. The summed E-state index contributed by atoms with van der Waals surface area (Å²) in [6.07, 6.45) is 2.07. The fourth-order valence-electron chi connectivity index (χ4n) is 4.86. The number of amides is 2. The Balaban J connectivity index is 1.63. The van der Waals surface area contributed by atoms with Crippen LogP contribution in [0.2, 0.25) is 0 Å². The second-order valence-corrected chi connectivity index (χ2v) is 10.5. The van der Waals surface area contributed by atoms with Crippen LogP contribution in [0, 0.1) is 6.92 Å². The second-order valence-electron chi connectivity index (χ2n) is 10.5. The zero-order valence-electron chi connectivity index (χ0n) is 22.0. The van der Waals surface area contributed by atoms with Crippen LogP contribution in [0.15, 0.2) is 66.9 Å². The standard InChI is InChI=1S/C30H37N3O3/c1-22-9-6-7-10-25(22)29(35)32(19-20-36-5)21-27(34)33-18-17-31-16-8-11-26(31)28(33)23-12-14-24(15-13-23)30(2,3)4/h6-16,28H,17-21H2,1-5H3. The maximum absolute atomic E-state index is 13.8. The van der Waals surface area contributed by atoms with Crippen LogP contribution in [0.25, 0.3) is 0 Å². The van der Waals surface area contributed by atoms with E-state index in [0.29, 0.717) is 25.3 Å². The summed E-state index contributed by atoms with van der Waals surface area (Å²) in [5, 5.41) is 0. The summed E-state index contributed by atoms with van der Waals surface area (Å²) < 4.78 is 7.47. The lowest BCUT2D eigenvalue weighted by Gasteiger charge is -2.38. The summed E-state index contributed by atoms with van der Waals surface area (Å²) in [5.74, 6) is -0.213. The number of carbonyl (C=O) groups is 2. The topological polar surface area (TPSA) is 54.8 Å². The van der Waals surface area contributed by atoms with Crippen molar-refractivity contribution in [3.05, 3.63) is 94.8 Å². The maximum Gasteiger partial charge on any atom is 0.254 e. The molecule has 0 radical (unpaired) electrons. The first kappa shape index (κ1) is 25.7. The summed E-state index contributed by atoms with van der Waals surface area (Å²) in [6, 6.07) is 20.0. The maximum atomic E-state index is 13.8. The van der Waals surface area contributed by atoms with Crippen molar-refractivity contribution in [2.24, 2.45) is 0 Å². The quantitative estimate of drug-likeness (QED) is 0.480. The van der Waals surface area contributed by atoms with E-state index < -0.39 is 0 Å². The van der Waals surface area contributed by atoms with E-state index in [9.17, 15) is 9.59 Å². The second kappa shape index (κ2) is 10.7. The molecule has 0 aliphatic carbocycles. The van der Waals surface area contributed by atoms with Gasteiger partial charge in [-0.2, -0.15) is 0 Å². The van der Waals surface area contributed by atoms with Crippen molar-refractivity contribution in [2.45, 2.75) is 45.7 Å². The van der Waals surface area contributed by atoms with Gasteiger partial charge >= 0.3 is 0 Å². The van der Waals surface area contributed by atoms with E-state index in [2.05, 4.69) is 61.9 Å². The molecule has 6 nitrogen and oxygen atoms in total. The van der Waals surface area contributed by atoms with Crippen LogP contribution in [-0.4, -0.2) is 59.5 Å². The molecule has 1 atom stereocenters. The van der Waals surface area contributed by atoms with Gasteiger partial charge in [0.05, 0.1) is 12.6 Å². The van der Waals surface area contributed by atoms with Crippen LogP contribution in [0.4, 0.5) is 0 Å². The minimum absolute atomic E-state index is 0.00775. The van der Waals surface area contributed by atoms with Crippen LogP contribution in [-0.2, 0) is 21.5 Å². The highest BCUT2D eigenvalue weighted by Gasteiger charge is 2.34. The molecule has 2 amide bonds. The van der Waals surface area contributed by atoms with Gasteiger partial charge in [-0.3, -0.25) is 9.59 Å². The van der Waals surface area contributed by atoms with Gasteiger partial charge in [-0.25, -0.2) is 0 Å². The van der Waals surface area contributed by atoms with Crippen LogP contribution in [0.1, 0.15) is 59.6 Å². The Morgan fingerprint density at radius 1 is 1.00 bits per heavy atom. The van der Waals surface area contributed by atoms with Gasteiger partial charge in [-0.15, -0.1) is 0 Å². The fraction of sp³-hybridized carbons (Fsp3) is 0.400. The van der Waals surface area contributed by atoms with Gasteiger partial charge in [0.2, 0.25) is 5.91 Å². The Kier molecular flexibility index (Phi) is 7.65. The molecule has 4 rings (SSSR count). The van der Waals surface area contributed by atoms with E-state index in [0.717, 1.165) is 23.4 Å². The van der Waals surface area contributed by atoms with E-state index in [1.165, 1.54) is 5.56 Å². The Morgan fingerprint density at radius 3 is 2.39 bits per heavy atom. The Labute approximate surface area is 214 Å². The van der Waals surface area contributed by atoms with Gasteiger partial charge in [-0.1, -0.05) is 63.2 Å². The first-order valence-corrected chi connectivity index (χ1v) is 12.6. The molecular weight excluding hydrogens is 450 g/mol. The van der Waals surface area contributed by atoms with Gasteiger partial charge < -0.3 is 19.1 Å². The summed E-state index contributed by atoms with van der Waals surface area (Å²) in [5.41, 5.74) is 4.98. The zero-order valence-corrected chi connectivity index (χ0v) is 22.0. The van der Waals surface area contributed by atoms with E-state index in [1.54, 1.807) is 12.0 Å². The number of benzene rings is 2. The Bertz CT molecular complexity index is 1210. The van der Waals surface area contributed by atoms with E-state index in [4.69, 9.17) is 4.74 Å². The molecule has 1 aromatic heterocycles. The molecule has 0 fully saturated rings. The SMILES string of the molecule is COCCN(CC(=O)N1CCn2cccc2C1c1ccc(C(C)(C)C)cc1)C(=O)c1ccccc1C. The van der Waals surface area contributed by atoms with Gasteiger partial charge in [0.1, 0.15) is 6.54 Å². The van der Waals surface area contributed by atoms with Crippen molar-refractivity contribution >= 4 is 11.8 Å². The highest BCUT2D eigenvalue weighted by molar-refractivity contribution is 5.97. The molecule has 2 heterocycles. The summed E-state index contributed by atoms with van der Waals surface area (Å²) in [6.45, 7) is 10.6. The molecule has 1 unspecified atom stereocenters. The highest BCUT2D eigenvalue weighted by atomic mass is 16.5. The number of rotatable bonds is 7. The van der Waals surface area contributed by atoms with Crippen molar-refractivity contribution in [1.29, 1.82) is 0 Å². The van der Waals surface area contributed by atoms with E-state index >= 15 is 0 Å². The summed E-state index contributed by atoms with van der Waals surface area (Å²) in [4.78, 5) is 30.8. The summed E-state index contributed by atoms with van der Waals surface area (Å²) >= 11 is 0. The van der Waals surface area contributed by atoms with Crippen molar-refractivity contribution in [1.82, 2.24) is 14.4 Å². The number of methoxy groups -OCH3 is 1. The number of fused-ring (bicyclic) bond motifs is 1. The van der Waals surface area contributed by atoms with Crippen molar-refractivity contribution < 1.29 is 14.3 Å². The zero-order chi connectivity index (χ0) is 25.9. The third-order valence-electron chi connectivity index (χ3n) is 7.01. The fourth-order valence-corrected chi connectivity index (χ4v) is 4.86. The summed E-state index contributed by atoms with van der Waals surface area (Å²) in [7, 11) is 1.61. The minimum atomic E-state index is -0.201. The third-order valence-corrected chi connectivity index (χ3v) is 7.01. The number of ether oxygens (including phenoxy) is 1. The lowest BCUT2D eigenvalue weighted by atomic mass is 9.86.